The molecule has 0 aromatic carbocycles. The predicted molar refractivity (Wildman–Crippen MR) is 44.4 cm³/mol. The van der Waals surface area contributed by atoms with Crippen LogP contribution in [0.15, 0.2) is 5.51 Å². The Morgan fingerprint density at radius 1 is 1.90 bits per heavy atom. The third kappa shape index (κ3) is 1.30. The van der Waals surface area contributed by atoms with Crippen molar-refractivity contribution in [2.75, 3.05) is 12.0 Å². The SMILES string of the molecule is CSC(=O)c1ncsc1N. The number of anilines is 1. The number of thiazole rings is 1. The summed E-state index contributed by atoms with van der Waals surface area (Å²) in [6.45, 7) is 0. The van der Waals surface area contributed by atoms with E-state index >= 15 is 0 Å². The summed E-state index contributed by atoms with van der Waals surface area (Å²) in [6, 6.07) is 0. The normalized spacial score (nSPS) is 9.70. The van der Waals surface area contributed by atoms with Gasteiger partial charge in [0.15, 0.2) is 5.69 Å². The Balaban J connectivity index is 2.93. The Kier molecular flexibility index (Phi) is 2.29. The zero-order chi connectivity index (χ0) is 7.56. The van der Waals surface area contributed by atoms with Gasteiger partial charge in [0.1, 0.15) is 5.00 Å². The van der Waals surface area contributed by atoms with E-state index in [1.807, 2.05) is 0 Å². The Morgan fingerprint density at radius 3 is 3.00 bits per heavy atom. The van der Waals surface area contributed by atoms with Gasteiger partial charge in [0.25, 0.3) is 0 Å². The van der Waals surface area contributed by atoms with E-state index in [-0.39, 0.29) is 5.12 Å². The van der Waals surface area contributed by atoms with Gasteiger partial charge in [0.2, 0.25) is 5.12 Å². The maximum Gasteiger partial charge on any atom is 0.240 e. The molecule has 0 saturated heterocycles. The fraction of sp³-hybridized carbons (Fsp3) is 0.200. The fourth-order valence-electron chi connectivity index (χ4n) is 0.505. The monoisotopic (exact) mass is 174 g/mol. The summed E-state index contributed by atoms with van der Waals surface area (Å²) >= 11 is 2.40. The Morgan fingerprint density at radius 2 is 2.60 bits per heavy atom. The van der Waals surface area contributed by atoms with Crippen molar-refractivity contribution in [2.24, 2.45) is 0 Å². The topological polar surface area (TPSA) is 56.0 Å². The van der Waals surface area contributed by atoms with Gasteiger partial charge < -0.3 is 5.73 Å². The van der Waals surface area contributed by atoms with Crippen molar-refractivity contribution in [3.63, 3.8) is 0 Å². The molecule has 0 aliphatic carbocycles. The second kappa shape index (κ2) is 3.03. The molecule has 0 saturated carbocycles. The van der Waals surface area contributed by atoms with Crippen LogP contribution in [0.1, 0.15) is 10.5 Å². The van der Waals surface area contributed by atoms with Gasteiger partial charge in [-0.15, -0.1) is 11.3 Å². The van der Waals surface area contributed by atoms with E-state index in [4.69, 9.17) is 5.73 Å². The molecule has 0 aliphatic heterocycles. The van der Waals surface area contributed by atoms with Crippen molar-refractivity contribution in [2.45, 2.75) is 0 Å². The minimum Gasteiger partial charge on any atom is -0.389 e. The molecule has 0 amide bonds. The third-order valence-electron chi connectivity index (χ3n) is 0.974. The van der Waals surface area contributed by atoms with Crippen molar-refractivity contribution in [3.05, 3.63) is 11.2 Å². The molecule has 54 valence electrons. The van der Waals surface area contributed by atoms with Crippen LogP contribution in [-0.4, -0.2) is 16.4 Å². The molecule has 0 aliphatic rings. The highest BCUT2D eigenvalue weighted by molar-refractivity contribution is 8.13. The minimum absolute atomic E-state index is 0.0706. The molecule has 1 rings (SSSR count). The van der Waals surface area contributed by atoms with Gasteiger partial charge in [-0.3, -0.25) is 4.79 Å². The second-order valence-corrected chi connectivity index (χ2v) is 3.22. The average molecular weight is 174 g/mol. The largest absolute Gasteiger partial charge is 0.389 e. The second-order valence-electron chi connectivity index (χ2n) is 1.56. The van der Waals surface area contributed by atoms with E-state index in [0.29, 0.717) is 10.7 Å². The van der Waals surface area contributed by atoms with Crippen LogP contribution in [0, 0.1) is 0 Å². The Hall–Kier alpha value is -0.550. The lowest BCUT2D eigenvalue weighted by atomic mass is 10.5. The van der Waals surface area contributed by atoms with Crippen molar-refractivity contribution >= 4 is 33.2 Å². The van der Waals surface area contributed by atoms with Crippen LogP contribution < -0.4 is 5.73 Å². The van der Waals surface area contributed by atoms with E-state index in [1.54, 1.807) is 11.8 Å². The molecule has 0 spiro atoms. The molecule has 0 atom stereocenters. The average Bonchev–Trinajstić information content (AvgIpc) is 2.34. The summed E-state index contributed by atoms with van der Waals surface area (Å²) in [6.07, 6.45) is 1.71. The van der Waals surface area contributed by atoms with Crippen molar-refractivity contribution in [3.8, 4) is 0 Å². The number of nitrogens with zero attached hydrogens (tertiary/aromatic N) is 1. The molecule has 1 aromatic heterocycles. The summed E-state index contributed by atoms with van der Waals surface area (Å²) in [5, 5.41) is 0.429. The van der Waals surface area contributed by atoms with E-state index in [0.717, 1.165) is 11.8 Å². The van der Waals surface area contributed by atoms with Gasteiger partial charge in [-0.2, -0.15) is 0 Å². The third-order valence-corrected chi connectivity index (χ3v) is 2.20. The Bertz CT molecular complexity index is 246. The molecule has 10 heavy (non-hydrogen) atoms. The van der Waals surface area contributed by atoms with Crippen LogP contribution in [0.25, 0.3) is 0 Å². The zero-order valence-electron chi connectivity index (χ0n) is 5.33. The van der Waals surface area contributed by atoms with Gasteiger partial charge >= 0.3 is 0 Å². The lowest BCUT2D eigenvalue weighted by molar-refractivity contribution is 0.108. The first-order valence-electron chi connectivity index (χ1n) is 2.53. The molecule has 0 unspecified atom stereocenters. The molecule has 2 N–H and O–H groups in total. The number of rotatable bonds is 1. The summed E-state index contributed by atoms with van der Waals surface area (Å²) in [7, 11) is 0. The number of thioether (sulfide) groups is 1. The quantitative estimate of drug-likeness (QED) is 0.695. The summed E-state index contributed by atoms with van der Waals surface area (Å²) in [5.41, 5.74) is 7.39. The van der Waals surface area contributed by atoms with Gasteiger partial charge in [-0.25, -0.2) is 4.98 Å². The maximum atomic E-state index is 10.9. The van der Waals surface area contributed by atoms with Crippen molar-refractivity contribution in [1.29, 1.82) is 0 Å². The Labute approximate surface area is 66.6 Å². The lowest BCUT2D eigenvalue weighted by Gasteiger charge is -1.89. The molecule has 5 heteroatoms. The van der Waals surface area contributed by atoms with E-state index in [1.165, 1.54) is 11.3 Å². The van der Waals surface area contributed by atoms with Gasteiger partial charge in [-0.05, 0) is 6.26 Å². The highest BCUT2D eigenvalue weighted by Crippen LogP contribution is 2.19. The standard InChI is InChI=1S/C5H6N2OS2/c1-9-5(8)3-4(6)10-2-7-3/h2H,6H2,1H3. The maximum absolute atomic E-state index is 10.9. The number of carbonyl (C=O) groups excluding carboxylic acids is 1. The van der Waals surface area contributed by atoms with Crippen LogP contribution in [-0.2, 0) is 0 Å². The molecular formula is C5H6N2OS2. The van der Waals surface area contributed by atoms with Gasteiger partial charge in [-0.1, -0.05) is 11.8 Å². The molecule has 1 aromatic rings. The summed E-state index contributed by atoms with van der Waals surface area (Å²) in [4.78, 5) is 14.7. The zero-order valence-corrected chi connectivity index (χ0v) is 6.96. The molecular weight excluding hydrogens is 168 g/mol. The van der Waals surface area contributed by atoms with E-state index < -0.39 is 0 Å². The number of hydrogen-bond donors (Lipinski definition) is 1. The fourth-order valence-corrected chi connectivity index (χ4v) is 1.45. The van der Waals surface area contributed by atoms with Gasteiger partial charge in [0, 0.05) is 0 Å². The van der Waals surface area contributed by atoms with Crippen molar-refractivity contribution < 1.29 is 4.79 Å². The van der Waals surface area contributed by atoms with E-state index in [2.05, 4.69) is 4.98 Å². The minimum atomic E-state index is -0.0706. The van der Waals surface area contributed by atoms with Crippen LogP contribution in [0.2, 0.25) is 0 Å². The van der Waals surface area contributed by atoms with Crippen molar-refractivity contribution in [1.82, 2.24) is 4.98 Å². The first kappa shape index (κ1) is 7.56. The molecule has 0 bridgehead atoms. The number of nitrogen functional groups attached to an aromatic ring is 1. The summed E-state index contributed by atoms with van der Waals surface area (Å²) < 4.78 is 0. The number of carbonyl (C=O) groups is 1. The summed E-state index contributed by atoms with van der Waals surface area (Å²) in [5.74, 6) is 0. The van der Waals surface area contributed by atoms with Crippen LogP contribution >= 0.6 is 23.1 Å². The number of aromatic nitrogens is 1. The number of hydrogen-bond acceptors (Lipinski definition) is 5. The first-order valence-corrected chi connectivity index (χ1v) is 4.63. The van der Waals surface area contributed by atoms with Crippen LogP contribution in [0.4, 0.5) is 5.00 Å². The molecule has 1 heterocycles. The highest BCUT2D eigenvalue weighted by Gasteiger charge is 2.09. The first-order chi connectivity index (χ1) is 4.75. The van der Waals surface area contributed by atoms with Gasteiger partial charge in [0.05, 0.1) is 5.51 Å². The van der Waals surface area contributed by atoms with Crippen LogP contribution in [0.5, 0.6) is 0 Å². The number of nitrogens with two attached hydrogens (primary N) is 1. The lowest BCUT2D eigenvalue weighted by Crippen LogP contribution is -1.96. The molecule has 0 radical (unpaired) electrons. The highest BCUT2D eigenvalue weighted by atomic mass is 32.2. The smallest absolute Gasteiger partial charge is 0.240 e. The predicted octanol–water partition coefficient (Wildman–Crippen LogP) is 1.23. The molecule has 0 fully saturated rings. The van der Waals surface area contributed by atoms with E-state index in [9.17, 15) is 4.79 Å². The van der Waals surface area contributed by atoms with Crippen LogP contribution in [0.3, 0.4) is 0 Å². The molecule has 3 nitrogen and oxygen atoms in total.